The van der Waals surface area contributed by atoms with Gasteiger partial charge in [-0.2, -0.15) is 0 Å². The fraction of sp³-hybridized carbons (Fsp3) is 0.571. The molecule has 0 amide bonds. The van der Waals surface area contributed by atoms with Gasteiger partial charge in [0, 0.05) is 25.0 Å². The summed E-state index contributed by atoms with van der Waals surface area (Å²) in [7, 11) is 0. The highest BCUT2D eigenvalue weighted by atomic mass is 35.5. The van der Waals surface area contributed by atoms with Crippen LogP contribution in [0.4, 0.5) is 4.39 Å². The molecule has 0 aliphatic carbocycles. The van der Waals surface area contributed by atoms with Crippen molar-refractivity contribution in [3.63, 3.8) is 0 Å². The standard InChI is InChI=1S/C14H20ClFO/c1-11(2)10-17-8-7-12(9-15)13-5-3-4-6-14(13)16/h3-6,11-12H,7-10H2,1-2H3. The van der Waals surface area contributed by atoms with Gasteiger partial charge >= 0.3 is 0 Å². The minimum atomic E-state index is -0.179. The summed E-state index contributed by atoms with van der Waals surface area (Å²) in [6.07, 6.45) is 0.761. The smallest absolute Gasteiger partial charge is 0.126 e. The molecule has 0 bridgehead atoms. The molecule has 17 heavy (non-hydrogen) atoms. The van der Waals surface area contributed by atoms with Crippen molar-refractivity contribution in [2.24, 2.45) is 5.92 Å². The monoisotopic (exact) mass is 258 g/mol. The summed E-state index contributed by atoms with van der Waals surface area (Å²) in [6.45, 7) is 5.59. The molecule has 1 rings (SSSR count). The Morgan fingerprint density at radius 1 is 1.29 bits per heavy atom. The first-order valence-corrected chi connectivity index (χ1v) is 6.56. The molecule has 1 aromatic rings. The van der Waals surface area contributed by atoms with Crippen molar-refractivity contribution in [2.75, 3.05) is 19.1 Å². The zero-order valence-electron chi connectivity index (χ0n) is 10.5. The number of hydrogen-bond donors (Lipinski definition) is 0. The Labute approximate surface area is 108 Å². The lowest BCUT2D eigenvalue weighted by Crippen LogP contribution is -2.09. The van der Waals surface area contributed by atoms with E-state index in [-0.39, 0.29) is 11.7 Å². The Morgan fingerprint density at radius 2 is 2.00 bits per heavy atom. The summed E-state index contributed by atoms with van der Waals surface area (Å²) in [6, 6.07) is 6.81. The predicted molar refractivity (Wildman–Crippen MR) is 70.1 cm³/mol. The molecule has 0 aliphatic heterocycles. The molecule has 0 N–H and O–H groups in total. The number of hydrogen-bond acceptors (Lipinski definition) is 1. The molecule has 1 atom stereocenters. The first-order valence-electron chi connectivity index (χ1n) is 6.03. The molecule has 1 aromatic carbocycles. The van der Waals surface area contributed by atoms with Crippen molar-refractivity contribution in [3.05, 3.63) is 35.6 Å². The largest absolute Gasteiger partial charge is 0.381 e. The third kappa shape index (κ3) is 5.05. The summed E-state index contributed by atoms with van der Waals surface area (Å²) >= 11 is 5.89. The first kappa shape index (κ1) is 14.5. The normalized spacial score (nSPS) is 13.0. The molecule has 1 unspecified atom stereocenters. The molecular formula is C14H20ClFO. The maximum absolute atomic E-state index is 13.6. The highest BCUT2D eigenvalue weighted by Gasteiger charge is 2.14. The van der Waals surface area contributed by atoms with Gasteiger partial charge in [-0.05, 0) is 24.0 Å². The van der Waals surface area contributed by atoms with E-state index in [9.17, 15) is 4.39 Å². The van der Waals surface area contributed by atoms with Gasteiger partial charge in [-0.15, -0.1) is 11.6 Å². The minimum Gasteiger partial charge on any atom is -0.381 e. The molecule has 0 radical (unpaired) electrons. The van der Waals surface area contributed by atoms with Gasteiger partial charge in [0.15, 0.2) is 0 Å². The molecule has 3 heteroatoms. The van der Waals surface area contributed by atoms with Crippen molar-refractivity contribution >= 4 is 11.6 Å². The summed E-state index contributed by atoms with van der Waals surface area (Å²) < 4.78 is 19.1. The van der Waals surface area contributed by atoms with Gasteiger partial charge in [-0.25, -0.2) is 4.39 Å². The van der Waals surface area contributed by atoms with Crippen molar-refractivity contribution in [2.45, 2.75) is 26.2 Å². The van der Waals surface area contributed by atoms with Gasteiger partial charge in [0.1, 0.15) is 5.82 Å². The van der Waals surface area contributed by atoms with E-state index >= 15 is 0 Å². The average Bonchev–Trinajstić information content (AvgIpc) is 2.30. The Morgan fingerprint density at radius 3 is 2.59 bits per heavy atom. The second-order valence-corrected chi connectivity index (χ2v) is 4.94. The maximum Gasteiger partial charge on any atom is 0.126 e. The van der Waals surface area contributed by atoms with Crippen LogP contribution < -0.4 is 0 Å². The lowest BCUT2D eigenvalue weighted by molar-refractivity contribution is 0.104. The Bertz CT molecular complexity index is 328. The quantitative estimate of drug-likeness (QED) is 0.526. The minimum absolute atomic E-state index is 0.0324. The van der Waals surface area contributed by atoms with Crippen LogP contribution in [0.2, 0.25) is 0 Å². The van der Waals surface area contributed by atoms with Crippen LogP contribution in [-0.4, -0.2) is 19.1 Å². The second kappa shape index (κ2) is 7.67. The third-order valence-electron chi connectivity index (χ3n) is 2.59. The van der Waals surface area contributed by atoms with E-state index in [0.29, 0.717) is 24.0 Å². The summed E-state index contributed by atoms with van der Waals surface area (Å²) in [5.41, 5.74) is 0.690. The second-order valence-electron chi connectivity index (χ2n) is 4.63. The van der Waals surface area contributed by atoms with Gasteiger partial charge in [0.2, 0.25) is 0 Å². The van der Waals surface area contributed by atoms with E-state index in [4.69, 9.17) is 16.3 Å². The van der Waals surface area contributed by atoms with Crippen molar-refractivity contribution in [3.8, 4) is 0 Å². The maximum atomic E-state index is 13.6. The topological polar surface area (TPSA) is 9.23 Å². The Kier molecular flexibility index (Phi) is 6.53. The average molecular weight is 259 g/mol. The molecule has 0 spiro atoms. The van der Waals surface area contributed by atoms with Crippen LogP contribution in [0.25, 0.3) is 0 Å². The number of rotatable bonds is 7. The van der Waals surface area contributed by atoms with E-state index in [1.807, 2.05) is 6.07 Å². The molecule has 0 aliphatic rings. The highest BCUT2D eigenvalue weighted by Crippen LogP contribution is 2.23. The van der Waals surface area contributed by atoms with Crippen molar-refractivity contribution < 1.29 is 9.13 Å². The number of ether oxygens (including phenoxy) is 1. The lowest BCUT2D eigenvalue weighted by Gasteiger charge is -2.15. The molecule has 1 nitrogen and oxygen atoms in total. The Hall–Kier alpha value is -0.600. The van der Waals surface area contributed by atoms with Crippen LogP contribution in [0.1, 0.15) is 31.7 Å². The molecule has 0 aromatic heterocycles. The number of benzene rings is 1. The summed E-state index contributed by atoms with van der Waals surface area (Å²) in [5, 5.41) is 0. The molecule has 96 valence electrons. The van der Waals surface area contributed by atoms with Crippen LogP contribution >= 0.6 is 11.6 Å². The van der Waals surface area contributed by atoms with Crippen LogP contribution in [-0.2, 0) is 4.74 Å². The van der Waals surface area contributed by atoms with Crippen molar-refractivity contribution in [1.82, 2.24) is 0 Å². The van der Waals surface area contributed by atoms with Gasteiger partial charge in [-0.3, -0.25) is 0 Å². The lowest BCUT2D eigenvalue weighted by atomic mass is 9.97. The van der Waals surface area contributed by atoms with Gasteiger partial charge in [-0.1, -0.05) is 32.0 Å². The fourth-order valence-corrected chi connectivity index (χ4v) is 1.99. The molecule has 0 saturated heterocycles. The summed E-state index contributed by atoms with van der Waals surface area (Å²) in [4.78, 5) is 0. The summed E-state index contributed by atoms with van der Waals surface area (Å²) in [5.74, 6) is 0.802. The number of halogens is 2. The van der Waals surface area contributed by atoms with Gasteiger partial charge in [0.25, 0.3) is 0 Å². The Balaban J connectivity index is 2.46. The SMILES string of the molecule is CC(C)COCCC(CCl)c1ccccc1F. The van der Waals surface area contributed by atoms with E-state index in [1.54, 1.807) is 12.1 Å². The van der Waals surface area contributed by atoms with Crippen LogP contribution in [0, 0.1) is 11.7 Å². The van der Waals surface area contributed by atoms with Crippen LogP contribution in [0.5, 0.6) is 0 Å². The fourth-order valence-electron chi connectivity index (χ4n) is 1.67. The van der Waals surface area contributed by atoms with E-state index in [2.05, 4.69) is 13.8 Å². The highest BCUT2D eigenvalue weighted by molar-refractivity contribution is 6.18. The predicted octanol–water partition coefficient (Wildman–Crippen LogP) is 4.21. The molecular weight excluding hydrogens is 239 g/mol. The van der Waals surface area contributed by atoms with Crippen LogP contribution in [0.15, 0.2) is 24.3 Å². The molecule has 0 heterocycles. The van der Waals surface area contributed by atoms with Gasteiger partial charge in [0.05, 0.1) is 0 Å². The third-order valence-corrected chi connectivity index (χ3v) is 2.97. The van der Waals surface area contributed by atoms with Gasteiger partial charge < -0.3 is 4.74 Å². The number of alkyl halides is 1. The van der Waals surface area contributed by atoms with Crippen molar-refractivity contribution in [1.29, 1.82) is 0 Å². The molecule has 0 saturated carbocycles. The van der Waals surface area contributed by atoms with E-state index in [0.717, 1.165) is 13.0 Å². The zero-order valence-corrected chi connectivity index (χ0v) is 11.2. The first-order chi connectivity index (χ1) is 8.15. The zero-order chi connectivity index (χ0) is 12.7. The van der Waals surface area contributed by atoms with Crippen LogP contribution in [0.3, 0.4) is 0 Å². The van der Waals surface area contributed by atoms with E-state index < -0.39 is 0 Å². The molecule has 0 fully saturated rings. The van der Waals surface area contributed by atoms with E-state index in [1.165, 1.54) is 6.07 Å².